The predicted octanol–water partition coefficient (Wildman–Crippen LogP) is 7.41. The molecule has 4 aliphatic carbocycles. The van der Waals surface area contributed by atoms with Gasteiger partial charge in [0.25, 0.3) is 0 Å². The van der Waals surface area contributed by atoms with Crippen molar-refractivity contribution in [3.8, 4) is 0 Å². The van der Waals surface area contributed by atoms with Crippen molar-refractivity contribution in [1.82, 2.24) is 0 Å². The van der Waals surface area contributed by atoms with Gasteiger partial charge in [0, 0.05) is 23.7 Å². The molecule has 4 nitrogen and oxygen atoms in total. The highest BCUT2D eigenvalue weighted by molar-refractivity contribution is 7.99. The Morgan fingerprint density at radius 1 is 1.06 bits per heavy atom. The number of fused-ring (bicyclic) bond motifs is 5. The van der Waals surface area contributed by atoms with E-state index < -0.39 is 5.79 Å². The van der Waals surface area contributed by atoms with E-state index >= 15 is 0 Å². The fraction of sp³-hybridized carbons (Fsp3) is 0.900. The van der Waals surface area contributed by atoms with Crippen molar-refractivity contribution in [1.29, 1.82) is 0 Å². The molecule has 0 N–H and O–H groups in total. The maximum atomic E-state index is 12.9. The normalized spacial score (nSPS) is 41.5. The van der Waals surface area contributed by atoms with E-state index in [1.807, 2.05) is 13.8 Å². The van der Waals surface area contributed by atoms with Gasteiger partial charge in [0.1, 0.15) is 11.2 Å². The summed E-state index contributed by atoms with van der Waals surface area (Å²) in [4.78, 5) is 12.7. The zero-order valence-corrected chi connectivity index (χ0v) is 24.4. The second kappa shape index (κ2) is 9.75. The van der Waals surface area contributed by atoms with Crippen molar-refractivity contribution < 1.29 is 19.0 Å². The zero-order valence-electron chi connectivity index (χ0n) is 23.6. The van der Waals surface area contributed by atoms with Gasteiger partial charge < -0.3 is 19.0 Å². The average molecular weight is 507 g/mol. The van der Waals surface area contributed by atoms with E-state index in [0.29, 0.717) is 23.9 Å². The van der Waals surface area contributed by atoms with Gasteiger partial charge in [-0.15, -0.1) is 11.8 Å². The lowest BCUT2D eigenvalue weighted by Crippen LogP contribution is -2.57. The van der Waals surface area contributed by atoms with Crippen LogP contribution in [-0.4, -0.2) is 42.6 Å². The number of carbonyl (C=O) groups is 1. The van der Waals surface area contributed by atoms with Gasteiger partial charge in [0.05, 0.1) is 24.7 Å². The van der Waals surface area contributed by atoms with Crippen LogP contribution in [0.15, 0.2) is 11.6 Å². The Bertz CT molecular complexity index is 809. The van der Waals surface area contributed by atoms with Gasteiger partial charge in [0.2, 0.25) is 0 Å². The minimum atomic E-state index is -0.473. The lowest BCUT2D eigenvalue weighted by molar-refractivity contribution is -0.322. The SMILES string of the molecule is CC.CSC(C)(C)OC1CCC2C3CCC4CC5(CCC4(C=O)C3=CCC12C)OCC(C)(C)CO5. The fourth-order valence-corrected chi connectivity index (χ4v) is 8.16. The molecular formula is C30H50O4S. The van der Waals surface area contributed by atoms with Crippen molar-refractivity contribution in [2.45, 2.75) is 117 Å². The highest BCUT2D eigenvalue weighted by Crippen LogP contribution is 2.65. The predicted molar refractivity (Wildman–Crippen MR) is 144 cm³/mol. The number of hydrogen-bond acceptors (Lipinski definition) is 5. The summed E-state index contributed by atoms with van der Waals surface area (Å²) in [6.07, 6.45) is 14.5. The van der Waals surface area contributed by atoms with E-state index in [1.165, 1.54) is 24.7 Å². The first kappa shape index (κ1) is 27.7. The monoisotopic (exact) mass is 506 g/mol. The summed E-state index contributed by atoms with van der Waals surface area (Å²) in [6, 6.07) is 0. The number of ether oxygens (including phenoxy) is 3. The first-order chi connectivity index (χ1) is 16.5. The summed E-state index contributed by atoms with van der Waals surface area (Å²) in [5.74, 6) is 1.01. The van der Waals surface area contributed by atoms with Gasteiger partial charge in [-0.3, -0.25) is 0 Å². The third-order valence-corrected chi connectivity index (χ3v) is 11.2. The molecule has 0 amide bonds. The van der Waals surface area contributed by atoms with Gasteiger partial charge in [0.15, 0.2) is 5.79 Å². The molecule has 6 unspecified atom stereocenters. The summed E-state index contributed by atoms with van der Waals surface area (Å²) in [5, 5.41) is 0. The summed E-state index contributed by atoms with van der Waals surface area (Å²) in [5.41, 5.74) is 1.40. The Morgan fingerprint density at radius 2 is 1.74 bits per heavy atom. The third-order valence-electron chi connectivity index (χ3n) is 10.1. The zero-order chi connectivity index (χ0) is 25.7. The van der Waals surface area contributed by atoms with E-state index in [1.54, 1.807) is 11.8 Å². The molecule has 0 bridgehead atoms. The number of allylic oxidation sites excluding steroid dienone is 2. The van der Waals surface area contributed by atoms with Crippen molar-refractivity contribution in [3.63, 3.8) is 0 Å². The average Bonchev–Trinajstić information content (AvgIpc) is 3.17. The Kier molecular flexibility index (Phi) is 7.70. The Labute approximate surface area is 218 Å². The summed E-state index contributed by atoms with van der Waals surface area (Å²) < 4.78 is 19.4. The third kappa shape index (κ3) is 4.70. The molecule has 3 saturated carbocycles. The molecule has 5 aliphatic rings. The van der Waals surface area contributed by atoms with Gasteiger partial charge in [-0.2, -0.15) is 0 Å². The number of hydrogen-bond donors (Lipinski definition) is 0. The van der Waals surface area contributed by atoms with Crippen molar-refractivity contribution in [3.05, 3.63) is 11.6 Å². The van der Waals surface area contributed by atoms with Crippen LogP contribution in [0, 0.1) is 34.0 Å². The lowest BCUT2D eigenvalue weighted by atomic mass is 9.48. The molecule has 5 heteroatoms. The number of thioether (sulfide) groups is 1. The first-order valence-electron chi connectivity index (χ1n) is 14.2. The van der Waals surface area contributed by atoms with E-state index in [2.05, 4.69) is 47.0 Å². The molecular weight excluding hydrogens is 456 g/mol. The molecule has 1 aliphatic heterocycles. The molecule has 6 atom stereocenters. The van der Waals surface area contributed by atoms with Gasteiger partial charge >= 0.3 is 0 Å². The molecule has 0 radical (unpaired) electrons. The molecule has 200 valence electrons. The van der Waals surface area contributed by atoms with Crippen LogP contribution in [-0.2, 0) is 19.0 Å². The van der Waals surface area contributed by atoms with E-state index in [4.69, 9.17) is 14.2 Å². The van der Waals surface area contributed by atoms with Crippen LogP contribution < -0.4 is 0 Å². The van der Waals surface area contributed by atoms with Crippen molar-refractivity contribution >= 4 is 18.0 Å². The van der Waals surface area contributed by atoms with Crippen LogP contribution >= 0.6 is 11.8 Å². The lowest BCUT2D eigenvalue weighted by Gasteiger charge is -2.58. The molecule has 1 saturated heterocycles. The van der Waals surface area contributed by atoms with E-state index in [-0.39, 0.29) is 21.2 Å². The molecule has 5 rings (SSSR count). The van der Waals surface area contributed by atoms with Crippen molar-refractivity contribution in [2.24, 2.45) is 34.0 Å². The van der Waals surface area contributed by atoms with Crippen molar-refractivity contribution in [2.75, 3.05) is 19.5 Å². The number of rotatable bonds is 4. The van der Waals surface area contributed by atoms with Crippen LogP contribution in [0.3, 0.4) is 0 Å². The van der Waals surface area contributed by atoms with Gasteiger partial charge in [-0.1, -0.05) is 46.3 Å². The fourth-order valence-electron chi connectivity index (χ4n) is 7.95. The van der Waals surface area contributed by atoms with Crippen LogP contribution in [0.1, 0.15) is 99.8 Å². The van der Waals surface area contributed by atoms with Gasteiger partial charge in [-0.05, 0) is 76.4 Å². The van der Waals surface area contributed by atoms with Crippen LogP contribution in [0.2, 0.25) is 0 Å². The quantitative estimate of drug-likeness (QED) is 0.226. The minimum absolute atomic E-state index is 0.0738. The summed E-state index contributed by atoms with van der Waals surface area (Å²) >= 11 is 1.80. The topological polar surface area (TPSA) is 44.8 Å². The highest BCUT2D eigenvalue weighted by atomic mass is 32.2. The van der Waals surface area contributed by atoms with Crippen LogP contribution in [0.4, 0.5) is 0 Å². The van der Waals surface area contributed by atoms with E-state index in [9.17, 15) is 4.79 Å². The largest absolute Gasteiger partial charge is 0.361 e. The summed E-state index contributed by atoms with van der Waals surface area (Å²) in [7, 11) is 0. The summed E-state index contributed by atoms with van der Waals surface area (Å²) in [6.45, 7) is 16.7. The molecule has 35 heavy (non-hydrogen) atoms. The molecule has 1 heterocycles. The van der Waals surface area contributed by atoms with Crippen LogP contribution in [0.5, 0.6) is 0 Å². The standard InChI is InChI=1S/C28H44O4S.C2H6/c1-24(2)17-30-28(31-18-24)14-13-27(16-29)19(15-28)7-8-20-21-9-10-23(32-25(3,4)33-6)26(21,5)12-11-22(20)27;1-2/h11,16,19-21,23H,7-10,12-15,17-18H2,1-6H3;1-2H3. The molecule has 0 aromatic heterocycles. The first-order valence-corrected chi connectivity index (χ1v) is 15.4. The smallest absolute Gasteiger partial charge is 0.168 e. The Morgan fingerprint density at radius 3 is 2.37 bits per heavy atom. The molecule has 4 fully saturated rings. The second-order valence-electron chi connectivity index (χ2n) is 13.2. The number of carbonyl (C=O) groups excluding carboxylic acids is 1. The molecule has 1 spiro atoms. The maximum Gasteiger partial charge on any atom is 0.168 e. The Hall–Kier alpha value is -0.360. The molecule has 0 aromatic carbocycles. The van der Waals surface area contributed by atoms with Crippen LogP contribution in [0.25, 0.3) is 0 Å². The van der Waals surface area contributed by atoms with Gasteiger partial charge in [-0.25, -0.2) is 0 Å². The molecule has 0 aromatic rings. The minimum Gasteiger partial charge on any atom is -0.361 e. The van der Waals surface area contributed by atoms with E-state index in [0.717, 1.165) is 51.7 Å². The Balaban J connectivity index is 0.00000141. The highest BCUT2D eigenvalue weighted by Gasteiger charge is 2.61. The maximum absolute atomic E-state index is 12.9. The number of aldehydes is 1. The second-order valence-corrected chi connectivity index (χ2v) is 14.6.